The highest BCUT2D eigenvalue weighted by atomic mass is 16.7. The van der Waals surface area contributed by atoms with Gasteiger partial charge in [-0.15, -0.1) is 0 Å². The minimum atomic E-state index is -1.77. The number of aliphatic hydroxyl groups excluding tert-OH is 2. The van der Waals surface area contributed by atoms with Gasteiger partial charge in [-0.2, -0.15) is 0 Å². The van der Waals surface area contributed by atoms with Crippen LogP contribution >= 0.6 is 0 Å². The van der Waals surface area contributed by atoms with Crippen molar-refractivity contribution in [2.24, 2.45) is 35.0 Å². The highest BCUT2D eigenvalue weighted by molar-refractivity contribution is 5.92. The molecule has 0 bridgehead atoms. The van der Waals surface area contributed by atoms with Gasteiger partial charge in [0.1, 0.15) is 6.10 Å². The maximum atomic E-state index is 12.3. The molecule has 0 aromatic heterocycles. The van der Waals surface area contributed by atoms with Crippen molar-refractivity contribution in [1.82, 2.24) is 0 Å². The number of carbonyl (C=O) groups is 1. The van der Waals surface area contributed by atoms with Crippen LogP contribution in [0.2, 0.25) is 0 Å². The number of hydrogen-bond donors (Lipinski definition) is 3. The van der Waals surface area contributed by atoms with Crippen molar-refractivity contribution in [3.8, 4) is 0 Å². The van der Waals surface area contributed by atoms with Gasteiger partial charge in [-0.1, -0.05) is 38.5 Å². The van der Waals surface area contributed by atoms with E-state index in [1.807, 2.05) is 19.9 Å². The maximum absolute atomic E-state index is 12.3. The molecular weight excluding hydrogens is 320 g/mol. The van der Waals surface area contributed by atoms with E-state index < -0.39 is 23.8 Å². The highest BCUT2D eigenvalue weighted by Gasteiger charge is 2.68. The van der Waals surface area contributed by atoms with Gasteiger partial charge in [-0.25, -0.2) is 4.79 Å². The molecule has 0 spiro atoms. The molecule has 4 rings (SSSR count). The van der Waals surface area contributed by atoms with Crippen LogP contribution in [0.15, 0.2) is 23.3 Å². The Bertz CT molecular complexity index is 667. The van der Waals surface area contributed by atoms with Crippen molar-refractivity contribution in [3.63, 3.8) is 0 Å². The number of carbonyl (C=O) groups excluding carboxylic acids is 1. The van der Waals surface area contributed by atoms with E-state index in [0.717, 1.165) is 12.8 Å². The summed E-state index contributed by atoms with van der Waals surface area (Å²) in [6.07, 6.45) is 5.60. The van der Waals surface area contributed by atoms with E-state index in [-0.39, 0.29) is 35.7 Å². The molecule has 8 atom stereocenters. The van der Waals surface area contributed by atoms with Crippen LogP contribution in [0.25, 0.3) is 0 Å². The van der Waals surface area contributed by atoms with Gasteiger partial charge in [0.05, 0.1) is 5.92 Å². The van der Waals surface area contributed by atoms with Gasteiger partial charge in [-0.3, -0.25) is 0 Å². The van der Waals surface area contributed by atoms with E-state index in [1.165, 1.54) is 5.57 Å². The Morgan fingerprint density at radius 3 is 2.80 bits per heavy atom. The molecule has 138 valence electrons. The SMILES string of the molecule is CC(CO)C1=CC[C@]2(C)C[C@H]3[C@@H](C)[C@H](O)[C@@]4(O)OC(=O)/C(=C/C[C@@H]12)[C@@H]34. The second-order valence-corrected chi connectivity index (χ2v) is 8.88. The molecule has 3 aliphatic carbocycles. The summed E-state index contributed by atoms with van der Waals surface area (Å²) in [6.45, 7) is 6.36. The van der Waals surface area contributed by atoms with E-state index in [9.17, 15) is 20.1 Å². The lowest BCUT2D eigenvalue weighted by molar-refractivity contribution is -0.233. The summed E-state index contributed by atoms with van der Waals surface area (Å²) in [6, 6.07) is 0. The fraction of sp³-hybridized carbons (Fsp3) is 0.750. The van der Waals surface area contributed by atoms with Crippen molar-refractivity contribution >= 4 is 5.97 Å². The van der Waals surface area contributed by atoms with Crippen molar-refractivity contribution in [1.29, 1.82) is 0 Å². The van der Waals surface area contributed by atoms with Gasteiger partial charge < -0.3 is 20.1 Å². The Hall–Kier alpha value is -1.17. The first-order chi connectivity index (χ1) is 11.7. The fourth-order valence-corrected chi connectivity index (χ4v) is 5.95. The second-order valence-electron chi connectivity index (χ2n) is 8.88. The molecule has 5 nitrogen and oxygen atoms in total. The number of hydrogen-bond acceptors (Lipinski definition) is 5. The van der Waals surface area contributed by atoms with E-state index >= 15 is 0 Å². The number of aliphatic hydroxyl groups is 3. The number of fused-ring (bicyclic) bond motifs is 1. The zero-order chi connectivity index (χ0) is 18.1. The van der Waals surface area contributed by atoms with Crippen LogP contribution in [0.3, 0.4) is 0 Å². The predicted molar refractivity (Wildman–Crippen MR) is 91.1 cm³/mol. The molecule has 3 N–H and O–H groups in total. The minimum Gasteiger partial charge on any atom is -0.426 e. The Morgan fingerprint density at radius 1 is 1.40 bits per heavy atom. The largest absolute Gasteiger partial charge is 0.426 e. The van der Waals surface area contributed by atoms with Crippen LogP contribution in [0, 0.1) is 35.0 Å². The van der Waals surface area contributed by atoms with Crippen molar-refractivity contribution < 1.29 is 24.9 Å². The third kappa shape index (κ3) is 2.15. The van der Waals surface area contributed by atoms with E-state index in [1.54, 1.807) is 0 Å². The summed E-state index contributed by atoms with van der Waals surface area (Å²) in [5.41, 5.74) is 1.81. The molecule has 0 aromatic rings. The van der Waals surface area contributed by atoms with Gasteiger partial charge in [-0.05, 0) is 42.4 Å². The summed E-state index contributed by atoms with van der Waals surface area (Å²) >= 11 is 0. The number of esters is 1. The Balaban J connectivity index is 1.77. The Kier molecular flexibility index (Phi) is 3.74. The molecular formula is C20H28O5. The maximum Gasteiger partial charge on any atom is 0.336 e. The van der Waals surface area contributed by atoms with Crippen molar-refractivity contribution in [2.45, 2.75) is 51.9 Å². The Labute approximate surface area is 148 Å². The van der Waals surface area contributed by atoms with Gasteiger partial charge >= 0.3 is 5.97 Å². The molecule has 1 aliphatic heterocycles. The van der Waals surface area contributed by atoms with Crippen LogP contribution in [0.4, 0.5) is 0 Å². The number of rotatable bonds is 2. The van der Waals surface area contributed by atoms with Gasteiger partial charge in [0, 0.05) is 18.1 Å². The average Bonchev–Trinajstić information content (AvgIpc) is 3.06. The zero-order valence-electron chi connectivity index (χ0n) is 15.1. The number of allylic oxidation sites excluding steroid dienone is 2. The van der Waals surface area contributed by atoms with E-state index in [0.29, 0.717) is 12.0 Å². The minimum absolute atomic E-state index is 0.00248. The third-order valence-corrected chi connectivity index (χ3v) is 7.46. The molecule has 0 amide bonds. The normalized spacial score (nSPS) is 51.6. The van der Waals surface area contributed by atoms with Crippen LogP contribution in [0.1, 0.15) is 40.0 Å². The highest BCUT2D eigenvalue weighted by Crippen LogP contribution is 2.61. The fourth-order valence-electron chi connectivity index (χ4n) is 5.95. The van der Waals surface area contributed by atoms with Crippen LogP contribution < -0.4 is 0 Å². The molecule has 1 saturated carbocycles. The quantitative estimate of drug-likeness (QED) is 0.523. The van der Waals surface area contributed by atoms with Gasteiger partial charge in [0.2, 0.25) is 5.79 Å². The molecule has 1 unspecified atom stereocenters. The van der Waals surface area contributed by atoms with Crippen LogP contribution in [-0.4, -0.2) is 39.8 Å². The molecule has 1 heterocycles. The van der Waals surface area contributed by atoms with Gasteiger partial charge in [0.25, 0.3) is 0 Å². The summed E-state index contributed by atoms with van der Waals surface area (Å²) < 4.78 is 5.27. The van der Waals surface area contributed by atoms with E-state index in [2.05, 4.69) is 13.0 Å². The number of ether oxygens (including phenoxy) is 1. The summed E-state index contributed by atoms with van der Waals surface area (Å²) in [4.78, 5) is 12.3. The summed E-state index contributed by atoms with van der Waals surface area (Å²) in [7, 11) is 0. The lowest BCUT2D eigenvalue weighted by Crippen LogP contribution is -2.43. The third-order valence-electron chi connectivity index (χ3n) is 7.46. The smallest absolute Gasteiger partial charge is 0.336 e. The lowest BCUT2D eigenvalue weighted by Gasteiger charge is -2.40. The van der Waals surface area contributed by atoms with Crippen molar-refractivity contribution in [2.75, 3.05) is 6.61 Å². The topological polar surface area (TPSA) is 87.0 Å². The second kappa shape index (κ2) is 5.41. The first kappa shape index (κ1) is 17.3. The molecule has 1 saturated heterocycles. The molecule has 0 radical (unpaired) electrons. The molecule has 0 aromatic carbocycles. The monoisotopic (exact) mass is 348 g/mol. The predicted octanol–water partition coefficient (Wildman–Crippen LogP) is 1.78. The van der Waals surface area contributed by atoms with E-state index in [4.69, 9.17) is 4.74 Å². The average molecular weight is 348 g/mol. The molecule has 5 heteroatoms. The standard InChI is InChI=1S/C20H28O5/c1-10(9-21)12-6-7-19(3)8-14-11(2)17(22)20(24)16(14)13(18(23)25-20)4-5-15(12)19/h4,6,10-11,14-17,21-22,24H,5,7-9H2,1-3H3/b13-4+/t10?,11-,14+,15+,16+,17+,19-,20+/m1/s1. The van der Waals surface area contributed by atoms with Crippen molar-refractivity contribution in [3.05, 3.63) is 23.3 Å². The molecule has 4 aliphatic rings. The first-order valence-electron chi connectivity index (χ1n) is 9.37. The van der Waals surface area contributed by atoms with Crippen LogP contribution in [-0.2, 0) is 9.53 Å². The molecule has 25 heavy (non-hydrogen) atoms. The summed E-state index contributed by atoms with van der Waals surface area (Å²) in [5, 5.41) is 31.1. The van der Waals surface area contributed by atoms with Crippen LogP contribution in [0.5, 0.6) is 0 Å². The Morgan fingerprint density at radius 2 is 2.12 bits per heavy atom. The molecule has 2 fully saturated rings. The summed E-state index contributed by atoms with van der Waals surface area (Å²) in [5.74, 6) is -2.46. The van der Waals surface area contributed by atoms with Gasteiger partial charge in [0.15, 0.2) is 0 Å². The zero-order valence-corrected chi connectivity index (χ0v) is 15.1. The lowest BCUT2D eigenvalue weighted by atomic mass is 9.63. The first-order valence-corrected chi connectivity index (χ1v) is 9.37.